The van der Waals surface area contributed by atoms with Crippen LogP contribution in [0.1, 0.15) is 23.2 Å². The van der Waals surface area contributed by atoms with Crippen LogP contribution in [0.4, 0.5) is 5.82 Å². The summed E-state index contributed by atoms with van der Waals surface area (Å²) < 4.78 is 0. The standard InChI is InChI=1S/C21H22N4O/c26-21(19-6-5-17-3-1-2-4-18(17)13-19)24-14-16-7-11-25(12-8-16)20-15-22-9-10-23-20/h1-6,9-10,13,15-16H,7-8,11-12,14H2,(H,24,26). The van der Waals surface area contributed by atoms with Crippen molar-refractivity contribution < 1.29 is 4.79 Å². The van der Waals surface area contributed by atoms with Gasteiger partial charge in [-0.25, -0.2) is 4.98 Å². The Morgan fingerprint density at radius 2 is 1.88 bits per heavy atom. The molecule has 0 bridgehead atoms. The Morgan fingerprint density at radius 1 is 1.08 bits per heavy atom. The highest BCUT2D eigenvalue weighted by Gasteiger charge is 2.20. The molecule has 0 spiro atoms. The number of aromatic nitrogens is 2. The van der Waals surface area contributed by atoms with E-state index in [0.29, 0.717) is 5.92 Å². The number of hydrogen-bond donors (Lipinski definition) is 1. The van der Waals surface area contributed by atoms with E-state index in [1.165, 1.54) is 0 Å². The Morgan fingerprint density at radius 3 is 2.65 bits per heavy atom. The molecule has 1 aliphatic rings. The van der Waals surface area contributed by atoms with Crippen LogP contribution in [0.25, 0.3) is 10.8 Å². The van der Waals surface area contributed by atoms with Crippen LogP contribution in [-0.2, 0) is 0 Å². The third kappa shape index (κ3) is 3.67. The number of rotatable bonds is 4. The van der Waals surface area contributed by atoms with E-state index in [4.69, 9.17) is 0 Å². The van der Waals surface area contributed by atoms with Crippen molar-refractivity contribution in [2.24, 2.45) is 5.92 Å². The first-order chi connectivity index (χ1) is 12.8. The van der Waals surface area contributed by atoms with Crippen LogP contribution in [0.3, 0.4) is 0 Å². The number of amides is 1. The van der Waals surface area contributed by atoms with Gasteiger partial charge in [-0.2, -0.15) is 0 Å². The fourth-order valence-corrected chi connectivity index (χ4v) is 3.49. The number of piperidine rings is 1. The number of benzene rings is 2. The lowest BCUT2D eigenvalue weighted by atomic mass is 9.96. The van der Waals surface area contributed by atoms with Gasteiger partial charge in [-0.1, -0.05) is 30.3 Å². The highest BCUT2D eigenvalue weighted by molar-refractivity contribution is 5.98. The fraction of sp³-hybridized carbons (Fsp3) is 0.286. The molecule has 3 aromatic rings. The Balaban J connectivity index is 1.31. The topological polar surface area (TPSA) is 58.1 Å². The Hall–Kier alpha value is -2.95. The number of carbonyl (C=O) groups excluding carboxylic acids is 1. The first kappa shape index (κ1) is 16.5. The zero-order valence-electron chi connectivity index (χ0n) is 14.6. The number of anilines is 1. The number of carbonyl (C=O) groups is 1. The van der Waals surface area contributed by atoms with Gasteiger partial charge in [0.15, 0.2) is 0 Å². The van der Waals surface area contributed by atoms with Crippen LogP contribution in [0, 0.1) is 5.92 Å². The molecule has 2 heterocycles. The first-order valence-corrected chi connectivity index (χ1v) is 9.07. The minimum absolute atomic E-state index is 0.00658. The highest BCUT2D eigenvalue weighted by atomic mass is 16.1. The van der Waals surface area contributed by atoms with Gasteiger partial charge < -0.3 is 10.2 Å². The number of nitrogens with one attached hydrogen (secondary N) is 1. The summed E-state index contributed by atoms with van der Waals surface area (Å²) >= 11 is 0. The monoisotopic (exact) mass is 346 g/mol. The molecule has 0 radical (unpaired) electrons. The molecular formula is C21H22N4O. The minimum Gasteiger partial charge on any atom is -0.355 e. The Bertz CT molecular complexity index is 889. The van der Waals surface area contributed by atoms with E-state index in [2.05, 4.69) is 26.3 Å². The van der Waals surface area contributed by atoms with Crippen molar-refractivity contribution in [2.45, 2.75) is 12.8 Å². The molecule has 0 saturated carbocycles. The average Bonchev–Trinajstić information content (AvgIpc) is 2.72. The van der Waals surface area contributed by atoms with Gasteiger partial charge in [0.1, 0.15) is 5.82 Å². The van der Waals surface area contributed by atoms with Crippen molar-refractivity contribution in [1.82, 2.24) is 15.3 Å². The molecule has 26 heavy (non-hydrogen) atoms. The van der Waals surface area contributed by atoms with Gasteiger partial charge in [0, 0.05) is 37.6 Å². The van der Waals surface area contributed by atoms with Gasteiger partial charge in [0.2, 0.25) is 0 Å². The maximum Gasteiger partial charge on any atom is 0.251 e. The van der Waals surface area contributed by atoms with Crippen LogP contribution < -0.4 is 10.2 Å². The van der Waals surface area contributed by atoms with E-state index < -0.39 is 0 Å². The lowest BCUT2D eigenvalue weighted by Gasteiger charge is -2.32. The molecule has 4 rings (SSSR count). The maximum absolute atomic E-state index is 12.5. The SMILES string of the molecule is O=C(NCC1CCN(c2cnccn2)CC1)c1ccc2ccccc2c1. The lowest BCUT2D eigenvalue weighted by molar-refractivity contribution is 0.0945. The van der Waals surface area contributed by atoms with Crippen LogP contribution in [-0.4, -0.2) is 35.5 Å². The molecule has 5 nitrogen and oxygen atoms in total. The summed E-state index contributed by atoms with van der Waals surface area (Å²) in [5.74, 6) is 1.45. The Labute approximate surface area is 153 Å². The molecule has 1 aliphatic heterocycles. The second kappa shape index (κ2) is 7.52. The van der Waals surface area contributed by atoms with Crippen molar-refractivity contribution in [3.63, 3.8) is 0 Å². The number of nitrogens with zero attached hydrogens (tertiary/aromatic N) is 3. The average molecular weight is 346 g/mol. The zero-order valence-corrected chi connectivity index (χ0v) is 14.6. The van der Waals surface area contributed by atoms with Crippen molar-refractivity contribution in [2.75, 3.05) is 24.5 Å². The van der Waals surface area contributed by atoms with Crippen LogP contribution in [0.15, 0.2) is 61.1 Å². The molecule has 1 amide bonds. The fourth-order valence-electron chi connectivity index (χ4n) is 3.49. The highest BCUT2D eigenvalue weighted by Crippen LogP contribution is 2.21. The minimum atomic E-state index is 0.00658. The second-order valence-electron chi connectivity index (χ2n) is 6.77. The molecule has 0 unspecified atom stereocenters. The predicted octanol–water partition coefficient (Wildman–Crippen LogP) is 3.28. The van der Waals surface area contributed by atoms with E-state index in [1.807, 2.05) is 42.6 Å². The smallest absolute Gasteiger partial charge is 0.251 e. The third-order valence-corrected chi connectivity index (χ3v) is 5.05. The molecule has 1 fully saturated rings. The molecule has 2 aromatic carbocycles. The second-order valence-corrected chi connectivity index (χ2v) is 6.77. The van der Waals surface area contributed by atoms with E-state index in [0.717, 1.165) is 54.6 Å². The lowest BCUT2D eigenvalue weighted by Crippen LogP contribution is -2.39. The van der Waals surface area contributed by atoms with Gasteiger partial charge in [0.05, 0.1) is 6.20 Å². The van der Waals surface area contributed by atoms with Crippen LogP contribution in [0.2, 0.25) is 0 Å². The Kier molecular flexibility index (Phi) is 4.78. The molecular weight excluding hydrogens is 324 g/mol. The van der Waals surface area contributed by atoms with E-state index in [-0.39, 0.29) is 5.91 Å². The van der Waals surface area contributed by atoms with Gasteiger partial charge >= 0.3 is 0 Å². The predicted molar refractivity (Wildman–Crippen MR) is 103 cm³/mol. The maximum atomic E-state index is 12.5. The third-order valence-electron chi connectivity index (χ3n) is 5.05. The van der Waals surface area contributed by atoms with Crippen molar-refractivity contribution in [3.05, 3.63) is 66.6 Å². The summed E-state index contributed by atoms with van der Waals surface area (Å²) in [5, 5.41) is 5.35. The molecule has 132 valence electrons. The van der Waals surface area contributed by atoms with Gasteiger partial charge in [-0.15, -0.1) is 0 Å². The molecule has 1 saturated heterocycles. The molecule has 0 atom stereocenters. The van der Waals surface area contributed by atoms with Crippen LogP contribution in [0.5, 0.6) is 0 Å². The van der Waals surface area contributed by atoms with Crippen LogP contribution >= 0.6 is 0 Å². The first-order valence-electron chi connectivity index (χ1n) is 9.07. The number of fused-ring (bicyclic) bond motifs is 1. The zero-order chi connectivity index (χ0) is 17.8. The quantitative estimate of drug-likeness (QED) is 0.788. The van der Waals surface area contributed by atoms with E-state index in [1.54, 1.807) is 12.4 Å². The molecule has 1 N–H and O–H groups in total. The van der Waals surface area contributed by atoms with E-state index in [9.17, 15) is 4.79 Å². The summed E-state index contributed by atoms with van der Waals surface area (Å²) in [7, 11) is 0. The molecule has 5 heteroatoms. The van der Waals surface area contributed by atoms with Crippen molar-refractivity contribution in [3.8, 4) is 0 Å². The summed E-state index contributed by atoms with van der Waals surface area (Å²) in [5.41, 5.74) is 0.723. The molecule has 0 aliphatic carbocycles. The summed E-state index contributed by atoms with van der Waals surface area (Å²) in [6.07, 6.45) is 7.33. The molecule has 1 aromatic heterocycles. The summed E-state index contributed by atoms with van der Waals surface area (Å²) in [6.45, 7) is 2.63. The summed E-state index contributed by atoms with van der Waals surface area (Å²) in [6, 6.07) is 14.0. The summed E-state index contributed by atoms with van der Waals surface area (Å²) in [4.78, 5) is 23.2. The normalized spacial score (nSPS) is 15.2. The van der Waals surface area contributed by atoms with Crippen molar-refractivity contribution >= 4 is 22.5 Å². The largest absolute Gasteiger partial charge is 0.355 e. The number of hydrogen-bond acceptors (Lipinski definition) is 4. The van der Waals surface area contributed by atoms with Gasteiger partial charge in [0.25, 0.3) is 5.91 Å². The van der Waals surface area contributed by atoms with E-state index >= 15 is 0 Å². The van der Waals surface area contributed by atoms with Crippen molar-refractivity contribution in [1.29, 1.82) is 0 Å². The van der Waals surface area contributed by atoms with Gasteiger partial charge in [-0.3, -0.25) is 9.78 Å². The van der Waals surface area contributed by atoms with Gasteiger partial charge in [-0.05, 0) is 41.7 Å².